The standard InChI is InChI=1S/C19H19FIN/c1-12(2)19(3,13-7-9-14(21)10-8-13)16-11-22-18-15(16)5-4-6-17(18)20/h4-12,22H,1-3H3. The predicted octanol–water partition coefficient (Wildman–Crippen LogP) is 5.87. The molecule has 1 unspecified atom stereocenters. The van der Waals surface area contributed by atoms with E-state index in [0.29, 0.717) is 11.4 Å². The average molecular weight is 407 g/mol. The van der Waals surface area contributed by atoms with Gasteiger partial charge in [0.25, 0.3) is 0 Å². The summed E-state index contributed by atoms with van der Waals surface area (Å²) in [7, 11) is 0. The number of nitrogens with one attached hydrogen (secondary N) is 1. The molecular formula is C19H19FIN. The third kappa shape index (κ3) is 2.35. The Morgan fingerprint density at radius 1 is 1.09 bits per heavy atom. The van der Waals surface area contributed by atoms with Crippen LogP contribution in [0, 0.1) is 15.3 Å². The SMILES string of the molecule is CC(C)C(C)(c1ccc(I)cc1)c1c[nH]c2c(F)cccc12. The molecule has 3 rings (SSSR count). The van der Waals surface area contributed by atoms with Gasteiger partial charge in [0.2, 0.25) is 0 Å². The molecule has 0 spiro atoms. The van der Waals surface area contributed by atoms with Crippen LogP contribution in [-0.4, -0.2) is 4.98 Å². The molecule has 1 atom stereocenters. The van der Waals surface area contributed by atoms with Crippen LogP contribution in [0.1, 0.15) is 31.9 Å². The molecule has 22 heavy (non-hydrogen) atoms. The van der Waals surface area contributed by atoms with E-state index in [4.69, 9.17) is 0 Å². The van der Waals surface area contributed by atoms with Crippen molar-refractivity contribution in [1.82, 2.24) is 4.98 Å². The maximum atomic E-state index is 14.0. The average Bonchev–Trinajstić information content (AvgIpc) is 2.93. The zero-order chi connectivity index (χ0) is 15.9. The third-order valence-electron chi connectivity index (χ3n) is 4.82. The van der Waals surface area contributed by atoms with Crippen molar-refractivity contribution < 1.29 is 4.39 Å². The molecule has 2 aromatic carbocycles. The Hall–Kier alpha value is -1.36. The number of halogens is 2. The number of benzene rings is 2. The maximum Gasteiger partial charge on any atom is 0.147 e. The van der Waals surface area contributed by atoms with Gasteiger partial charge in [-0.3, -0.25) is 0 Å². The van der Waals surface area contributed by atoms with Crippen LogP contribution in [0.4, 0.5) is 4.39 Å². The van der Waals surface area contributed by atoms with Crippen molar-refractivity contribution in [2.75, 3.05) is 0 Å². The molecule has 1 N–H and O–H groups in total. The summed E-state index contributed by atoms with van der Waals surface area (Å²) >= 11 is 2.32. The molecule has 3 aromatic rings. The number of hydrogen-bond acceptors (Lipinski definition) is 0. The Bertz CT molecular complexity index is 804. The Labute approximate surface area is 144 Å². The second kappa shape index (κ2) is 5.69. The largest absolute Gasteiger partial charge is 0.358 e. The van der Waals surface area contributed by atoms with Crippen LogP contribution in [0.2, 0.25) is 0 Å². The Morgan fingerprint density at radius 3 is 2.41 bits per heavy atom. The molecule has 0 aliphatic heterocycles. The summed E-state index contributed by atoms with van der Waals surface area (Å²) < 4.78 is 15.2. The van der Waals surface area contributed by atoms with Crippen LogP contribution < -0.4 is 0 Å². The summed E-state index contributed by atoms with van der Waals surface area (Å²) in [5, 5.41) is 0.967. The lowest BCUT2D eigenvalue weighted by molar-refractivity contribution is 0.408. The number of para-hydroxylation sites is 1. The molecule has 0 saturated carbocycles. The fourth-order valence-corrected chi connectivity index (χ4v) is 3.50. The number of hydrogen-bond donors (Lipinski definition) is 1. The number of aromatic amines is 1. The first-order valence-corrected chi connectivity index (χ1v) is 8.54. The number of aromatic nitrogens is 1. The van der Waals surface area contributed by atoms with Gasteiger partial charge >= 0.3 is 0 Å². The summed E-state index contributed by atoms with van der Waals surface area (Å²) in [5.41, 5.74) is 2.83. The fraction of sp³-hybridized carbons (Fsp3) is 0.263. The van der Waals surface area contributed by atoms with Gasteiger partial charge in [-0.1, -0.05) is 45.0 Å². The molecular weight excluding hydrogens is 388 g/mol. The summed E-state index contributed by atoms with van der Waals surface area (Å²) in [4.78, 5) is 3.12. The van der Waals surface area contributed by atoms with Crippen LogP contribution in [0.3, 0.4) is 0 Å². The molecule has 1 nitrogen and oxygen atoms in total. The van der Waals surface area contributed by atoms with Crippen molar-refractivity contribution in [2.45, 2.75) is 26.2 Å². The van der Waals surface area contributed by atoms with E-state index in [2.05, 4.69) is 72.6 Å². The molecule has 0 aliphatic rings. The van der Waals surface area contributed by atoms with Crippen molar-refractivity contribution in [2.24, 2.45) is 5.92 Å². The lowest BCUT2D eigenvalue weighted by atomic mass is 9.68. The van der Waals surface area contributed by atoms with Gasteiger partial charge in [-0.05, 0) is 57.8 Å². The van der Waals surface area contributed by atoms with Crippen LogP contribution in [0.5, 0.6) is 0 Å². The second-order valence-electron chi connectivity index (χ2n) is 6.23. The molecule has 0 radical (unpaired) electrons. The minimum absolute atomic E-state index is 0.170. The van der Waals surface area contributed by atoms with Gasteiger partial charge in [0.15, 0.2) is 0 Å². The van der Waals surface area contributed by atoms with E-state index in [-0.39, 0.29) is 11.2 Å². The number of fused-ring (bicyclic) bond motifs is 1. The molecule has 3 heteroatoms. The molecule has 0 amide bonds. The Balaban J connectivity index is 2.26. The van der Waals surface area contributed by atoms with E-state index in [1.807, 2.05) is 12.3 Å². The highest BCUT2D eigenvalue weighted by Gasteiger charge is 2.34. The summed E-state index contributed by atoms with van der Waals surface area (Å²) in [6.07, 6.45) is 1.96. The van der Waals surface area contributed by atoms with E-state index in [1.54, 1.807) is 6.07 Å². The van der Waals surface area contributed by atoms with Gasteiger partial charge in [-0.15, -0.1) is 0 Å². The number of H-pyrrole nitrogens is 1. The van der Waals surface area contributed by atoms with Crippen LogP contribution >= 0.6 is 22.6 Å². The lowest BCUT2D eigenvalue weighted by Crippen LogP contribution is -2.29. The van der Waals surface area contributed by atoms with Crippen LogP contribution in [-0.2, 0) is 5.41 Å². The highest BCUT2D eigenvalue weighted by molar-refractivity contribution is 14.1. The van der Waals surface area contributed by atoms with E-state index in [9.17, 15) is 4.39 Å². The highest BCUT2D eigenvalue weighted by Crippen LogP contribution is 2.42. The third-order valence-corrected chi connectivity index (χ3v) is 5.54. The van der Waals surface area contributed by atoms with Crippen molar-refractivity contribution in [1.29, 1.82) is 0 Å². The second-order valence-corrected chi connectivity index (χ2v) is 7.47. The quantitative estimate of drug-likeness (QED) is 0.523. The van der Waals surface area contributed by atoms with Crippen molar-refractivity contribution >= 4 is 33.5 Å². The highest BCUT2D eigenvalue weighted by atomic mass is 127. The predicted molar refractivity (Wildman–Crippen MR) is 98.7 cm³/mol. The van der Waals surface area contributed by atoms with Gasteiger partial charge in [-0.25, -0.2) is 4.39 Å². The van der Waals surface area contributed by atoms with E-state index in [1.165, 1.54) is 15.2 Å². The minimum Gasteiger partial charge on any atom is -0.358 e. The maximum absolute atomic E-state index is 14.0. The lowest BCUT2D eigenvalue weighted by Gasteiger charge is -2.34. The molecule has 1 heterocycles. The molecule has 114 valence electrons. The van der Waals surface area contributed by atoms with Gasteiger partial charge < -0.3 is 4.98 Å². The smallest absolute Gasteiger partial charge is 0.147 e. The molecule has 0 saturated heterocycles. The normalized spacial score (nSPS) is 14.5. The zero-order valence-electron chi connectivity index (χ0n) is 13.0. The van der Waals surface area contributed by atoms with E-state index >= 15 is 0 Å². The Kier molecular flexibility index (Phi) is 4.02. The van der Waals surface area contributed by atoms with E-state index in [0.717, 1.165) is 10.9 Å². The van der Waals surface area contributed by atoms with Gasteiger partial charge in [0, 0.05) is 20.6 Å². The van der Waals surface area contributed by atoms with E-state index < -0.39 is 0 Å². The number of rotatable bonds is 3. The first-order chi connectivity index (χ1) is 10.4. The molecule has 0 fully saturated rings. The zero-order valence-corrected chi connectivity index (χ0v) is 15.1. The molecule has 1 aromatic heterocycles. The first-order valence-electron chi connectivity index (χ1n) is 7.46. The minimum atomic E-state index is -0.197. The van der Waals surface area contributed by atoms with Gasteiger partial charge in [-0.2, -0.15) is 0 Å². The van der Waals surface area contributed by atoms with Crippen molar-refractivity contribution in [3.8, 4) is 0 Å². The topological polar surface area (TPSA) is 15.8 Å². The summed E-state index contributed by atoms with van der Waals surface area (Å²) in [6.45, 7) is 6.68. The van der Waals surface area contributed by atoms with Gasteiger partial charge in [0.1, 0.15) is 5.82 Å². The monoisotopic (exact) mass is 407 g/mol. The summed E-state index contributed by atoms with van der Waals surface area (Å²) in [6, 6.07) is 13.9. The molecule has 0 bridgehead atoms. The van der Waals surface area contributed by atoms with Crippen LogP contribution in [0.25, 0.3) is 10.9 Å². The van der Waals surface area contributed by atoms with Crippen LogP contribution in [0.15, 0.2) is 48.7 Å². The Morgan fingerprint density at radius 2 is 1.77 bits per heavy atom. The van der Waals surface area contributed by atoms with Crippen molar-refractivity contribution in [3.63, 3.8) is 0 Å². The summed E-state index contributed by atoms with van der Waals surface area (Å²) in [5.74, 6) is 0.187. The fourth-order valence-electron chi connectivity index (χ4n) is 3.14. The molecule has 0 aliphatic carbocycles. The van der Waals surface area contributed by atoms with Crippen molar-refractivity contribution in [3.05, 3.63) is 69.2 Å². The first kappa shape index (κ1) is 15.5. The van der Waals surface area contributed by atoms with Gasteiger partial charge in [0.05, 0.1) is 5.52 Å².